The van der Waals surface area contributed by atoms with E-state index in [1.165, 1.54) is 0 Å². The van der Waals surface area contributed by atoms with Gasteiger partial charge in [0.05, 0.1) is 12.1 Å². The number of nitrogens with zero attached hydrogens (tertiary/aromatic N) is 1. The van der Waals surface area contributed by atoms with Crippen LogP contribution in [-0.4, -0.2) is 11.1 Å². The second kappa shape index (κ2) is 5.51. The van der Waals surface area contributed by atoms with Crippen molar-refractivity contribution in [3.63, 3.8) is 0 Å². The Balaban J connectivity index is 2.39. The molecular weight excluding hydrogens is 298 g/mol. The van der Waals surface area contributed by atoms with Gasteiger partial charge in [0.15, 0.2) is 5.69 Å². The molecule has 0 aliphatic heterocycles. The Hall–Kier alpha value is -2.83. The zero-order valence-corrected chi connectivity index (χ0v) is 12.1. The van der Waals surface area contributed by atoms with Gasteiger partial charge in [-0.15, -0.1) is 0 Å². The van der Waals surface area contributed by atoms with Crippen LogP contribution in [0.3, 0.4) is 0 Å². The molecule has 0 heterocycles. The Kier molecular flexibility index (Phi) is 3.54. The summed E-state index contributed by atoms with van der Waals surface area (Å²) in [5, 5.41) is 11.3. The molecule has 3 aromatic carbocycles. The molecule has 4 heteroatoms. The van der Waals surface area contributed by atoms with Crippen molar-refractivity contribution in [2.24, 2.45) is 0 Å². The van der Waals surface area contributed by atoms with Gasteiger partial charge in [-0.05, 0) is 34.5 Å². The number of hydrogen-bond acceptors (Lipinski definition) is 1. The number of benzene rings is 3. The van der Waals surface area contributed by atoms with E-state index < -0.39 is 5.97 Å². The van der Waals surface area contributed by atoms with Gasteiger partial charge in [-0.3, -0.25) is 0 Å². The molecule has 106 valence electrons. The fourth-order valence-electron chi connectivity index (χ4n) is 2.50. The minimum absolute atomic E-state index is 0.205. The van der Waals surface area contributed by atoms with Crippen LogP contribution in [-0.2, 0) is 0 Å². The van der Waals surface area contributed by atoms with Gasteiger partial charge in [-0.1, -0.05) is 48.0 Å². The maximum atomic E-state index is 11.2. The standard InChI is InChI=1S/C18H10ClNO2/c1-20-16-7-3-6-15(19)17(16)13-5-2-4-11-8-9-12(18(21)22)10-14(11)13/h2-10H,(H,21,22). The fourth-order valence-corrected chi connectivity index (χ4v) is 2.77. The van der Waals surface area contributed by atoms with Gasteiger partial charge < -0.3 is 5.11 Å². The summed E-state index contributed by atoms with van der Waals surface area (Å²) in [5.74, 6) is -0.985. The lowest BCUT2D eigenvalue weighted by molar-refractivity contribution is 0.0697. The lowest BCUT2D eigenvalue weighted by Crippen LogP contribution is -1.95. The Morgan fingerprint density at radius 1 is 1.09 bits per heavy atom. The van der Waals surface area contributed by atoms with Crippen LogP contribution in [0, 0.1) is 6.57 Å². The first kappa shape index (κ1) is 14.1. The van der Waals surface area contributed by atoms with Crippen molar-refractivity contribution in [1.29, 1.82) is 0 Å². The van der Waals surface area contributed by atoms with E-state index in [2.05, 4.69) is 4.85 Å². The van der Waals surface area contributed by atoms with Crippen LogP contribution in [0.4, 0.5) is 5.69 Å². The maximum Gasteiger partial charge on any atom is 0.335 e. The molecule has 0 spiro atoms. The van der Waals surface area contributed by atoms with Crippen molar-refractivity contribution in [2.75, 3.05) is 0 Å². The average molecular weight is 308 g/mol. The molecule has 0 aliphatic carbocycles. The van der Waals surface area contributed by atoms with Crippen LogP contribution in [0.1, 0.15) is 10.4 Å². The van der Waals surface area contributed by atoms with E-state index >= 15 is 0 Å². The number of carbonyl (C=O) groups is 1. The molecule has 0 unspecified atom stereocenters. The first-order chi connectivity index (χ1) is 10.6. The van der Waals surface area contributed by atoms with E-state index in [0.29, 0.717) is 16.3 Å². The lowest BCUT2D eigenvalue weighted by atomic mass is 9.95. The maximum absolute atomic E-state index is 11.2. The smallest absolute Gasteiger partial charge is 0.335 e. The third-order valence-corrected chi connectivity index (χ3v) is 3.83. The van der Waals surface area contributed by atoms with Crippen molar-refractivity contribution in [3.05, 3.63) is 76.6 Å². The molecule has 22 heavy (non-hydrogen) atoms. The molecule has 3 nitrogen and oxygen atoms in total. The van der Waals surface area contributed by atoms with Crippen LogP contribution < -0.4 is 0 Å². The Morgan fingerprint density at radius 3 is 2.59 bits per heavy atom. The molecule has 0 saturated heterocycles. The van der Waals surface area contributed by atoms with Crippen LogP contribution in [0.5, 0.6) is 0 Å². The Bertz CT molecular complexity index is 941. The van der Waals surface area contributed by atoms with Crippen molar-refractivity contribution >= 4 is 34.0 Å². The molecule has 0 saturated carbocycles. The summed E-state index contributed by atoms with van der Waals surface area (Å²) in [4.78, 5) is 14.7. The zero-order chi connectivity index (χ0) is 15.7. The number of carboxylic acids is 1. The first-order valence-corrected chi connectivity index (χ1v) is 6.92. The normalized spacial score (nSPS) is 10.4. The summed E-state index contributed by atoms with van der Waals surface area (Å²) in [7, 11) is 0. The molecule has 0 radical (unpaired) electrons. The minimum Gasteiger partial charge on any atom is -0.478 e. The number of hydrogen-bond donors (Lipinski definition) is 1. The molecule has 0 aromatic heterocycles. The summed E-state index contributed by atoms with van der Waals surface area (Å²) in [6.45, 7) is 7.32. The monoisotopic (exact) mass is 307 g/mol. The van der Waals surface area contributed by atoms with E-state index in [9.17, 15) is 9.90 Å². The molecule has 0 amide bonds. The Labute approximate surface area is 132 Å². The molecular formula is C18H10ClNO2. The number of halogens is 1. The molecule has 0 atom stereocenters. The van der Waals surface area contributed by atoms with Crippen molar-refractivity contribution in [2.45, 2.75) is 0 Å². The Morgan fingerprint density at radius 2 is 1.86 bits per heavy atom. The predicted molar refractivity (Wildman–Crippen MR) is 87.6 cm³/mol. The van der Waals surface area contributed by atoms with Crippen molar-refractivity contribution in [3.8, 4) is 11.1 Å². The number of aromatic carboxylic acids is 1. The number of carboxylic acid groups (broad SMARTS) is 1. The zero-order valence-electron chi connectivity index (χ0n) is 11.4. The van der Waals surface area contributed by atoms with Crippen LogP contribution in [0.25, 0.3) is 26.7 Å². The largest absolute Gasteiger partial charge is 0.478 e. The summed E-state index contributed by atoms with van der Waals surface area (Å²) in [5.41, 5.74) is 2.04. The second-order valence-electron chi connectivity index (χ2n) is 4.79. The number of rotatable bonds is 2. The van der Waals surface area contributed by atoms with Crippen LogP contribution in [0.15, 0.2) is 54.6 Å². The number of fused-ring (bicyclic) bond motifs is 1. The van der Waals surface area contributed by atoms with Crippen LogP contribution in [0.2, 0.25) is 5.02 Å². The summed E-state index contributed by atoms with van der Waals surface area (Å²) in [6.07, 6.45) is 0. The molecule has 0 fully saturated rings. The van der Waals surface area contributed by atoms with Gasteiger partial charge in [0.25, 0.3) is 0 Å². The van der Waals surface area contributed by atoms with Gasteiger partial charge in [-0.25, -0.2) is 9.64 Å². The highest BCUT2D eigenvalue weighted by Crippen LogP contribution is 2.40. The van der Waals surface area contributed by atoms with Gasteiger partial charge in [0.1, 0.15) is 0 Å². The van der Waals surface area contributed by atoms with E-state index in [-0.39, 0.29) is 5.56 Å². The van der Waals surface area contributed by atoms with Crippen molar-refractivity contribution in [1.82, 2.24) is 0 Å². The van der Waals surface area contributed by atoms with E-state index in [1.807, 2.05) is 18.2 Å². The molecule has 3 rings (SSSR count). The fraction of sp³-hybridized carbons (Fsp3) is 0. The van der Waals surface area contributed by atoms with Crippen molar-refractivity contribution < 1.29 is 9.90 Å². The van der Waals surface area contributed by atoms with E-state index in [0.717, 1.165) is 16.3 Å². The molecule has 1 N–H and O–H groups in total. The quantitative estimate of drug-likeness (QED) is 0.643. The summed E-state index contributed by atoms with van der Waals surface area (Å²) < 4.78 is 0. The highest BCUT2D eigenvalue weighted by Gasteiger charge is 2.13. The van der Waals surface area contributed by atoms with Gasteiger partial charge in [0, 0.05) is 10.6 Å². The SMILES string of the molecule is [C-]#[N+]c1cccc(Cl)c1-c1cccc2ccc(C(=O)O)cc12. The lowest BCUT2D eigenvalue weighted by Gasteiger charge is -2.11. The molecule has 3 aromatic rings. The van der Waals surface area contributed by atoms with Gasteiger partial charge in [0.2, 0.25) is 0 Å². The van der Waals surface area contributed by atoms with E-state index in [4.69, 9.17) is 18.2 Å². The second-order valence-corrected chi connectivity index (χ2v) is 5.20. The van der Waals surface area contributed by atoms with Gasteiger partial charge in [-0.2, -0.15) is 0 Å². The molecule has 0 aliphatic rings. The summed E-state index contributed by atoms with van der Waals surface area (Å²) in [6, 6.07) is 15.7. The highest BCUT2D eigenvalue weighted by atomic mass is 35.5. The predicted octanol–water partition coefficient (Wildman–Crippen LogP) is 5.41. The minimum atomic E-state index is -0.985. The first-order valence-electron chi connectivity index (χ1n) is 6.54. The third kappa shape index (κ3) is 2.30. The van der Waals surface area contributed by atoms with E-state index in [1.54, 1.807) is 36.4 Å². The average Bonchev–Trinajstić information content (AvgIpc) is 2.53. The van der Waals surface area contributed by atoms with Crippen LogP contribution >= 0.6 is 11.6 Å². The topological polar surface area (TPSA) is 41.7 Å². The van der Waals surface area contributed by atoms with Gasteiger partial charge >= 0.3 is 5.97 Å². The molecule has 0 bridgehead atoms. The summed E-state index contributed by atoms with van der Waals surface area (Å²) >= 11 is 6.29. The highest BCUT2D eigenvalue weighted by molar-refractivity contribution is 6.34. The third-order valence-electron chi connectivity index (χ3n) is 3.51.